The lowest BCUT2D eigenvalue weighted by Gasteiger charge is -2.28. The molecule has 2 aliphatic carbocycles. The second-order valence-electron chi connectivity index (χ2n) is 10.5. The maximum absolute atomic E-state index is 12.1. The Morgan fingerprint density at radius 3 is 1.10 bits per heavy atom. The molecule has 206 valence electrons. The van der Waals surface area contributed by atoms with Crippen molar-refractivity contribution in [3.63, 3.8) is 0 Å². The third kappa shape index (κ3) is 4.85. The van der Waals surface area contributed by atoms with Gasteiger partial charge in [-0.25, -0.2) is 0 Å². The minimum absolute atomic E-state index is 0.0281. The molecular weight excluding hydrogens is 629 g/mol. The van der Waals surface area contributed by atoms with E-state index in [2.05, 4.69) is 0 Å². The van der Waals surface area contributed by atoms with E-state index in [4.69, 9.17) is 69.6 Å². The van der Waals surface area contributed by atoms with Gasteiger partial charge in [0.1, 0.15) is 11.5 Å². The lowest BCUT2D eigenvalue weighted by molar-refractivity contribution is 0.468. The smallest absolute Gasteiger partial charge is 0.131 e. The molecule has 0 aliphatic heterocycles. The van der Waals surface area contributed by atoms with Crippen LogP contribution in [-0.4, -0.2) is 10.2 Å². The second-order valence-corrected chi connectivity index (χ2v) is 13.0. The highest BCUT2D eigenvalue weighted by atomic mass is 35.5. The standard InChI is InChI=1S/C32H24Cl6O2/c33-17-11-23(35)27(24(36)12-17)21-9-15-5-1-3-7-19(15)29(31(21)39)30-20-8-4-2-6-16(20)10-22(32(30)40)28-25(37)13-18(34)14-26(28)38/h9-14,39-40H,1-8H2. The highest BCUT2D eigenvalue weighted by molar-refractivity contribution is 6.43. The summed E-state index contributed by atoms with van der Waals surface area (Å²) in [6.07, 6.45) is 7.27. The molecule has 0 saturated heterocycles. The van der Waals surface area contributed by atoms with E-state index in [-0.39, 0.29) is 11.5 Å². The van der Waals surface area contributed by atoms with Gasteiger partial charge in [-0.05, 0) is 110 Å². The van der Waals surface area contributed by atoms with E-state index in [1.807, 2.05) is 12.1 Å². The second kappa shape index (κ2) is 11.1. The zero-order chi connectivity index (χ0) is 28.3. The number of aryl methyl sites for hydroxylation is 2. The van der Waals surface area contributed by atoms with Gasteiger partial charge in [-0.1, -0.05) is 69.6 Å². The number of phenolic OH excluding ortho intramolecular Hbond substituents is 2. The minimum Gasteiger partial charge on any atom is -0.507 e. The number of benzene rings is 4. The molecule has 4 aromatic rings. The Morgan fingerprint density at radius 1 is 0.425 bits per heavy atom. The molecule has 0 unspecified atom stereocenters. The molecule has 2 aliphatic rings. The molecule has 0 saturated carbocycles. The van der Waals surface area contributed by atoms with Gasteiger partial charge in [-0.15, -0.1) is 0 Å². The van der Waals surface area contributed by atoms with E-state index in [9.17, 15) is 10.2 Å². The van der Waals surface area contributed by atoms with Crippen LogP contribution >= 0.6 is 69.6 Å². The van der Waals surface area contributed by atoms with Crippen LogP contribution < -0.4 is 0 Å². The van der Waals surface area contributed by atoms with Crippen LogP contribution in [0.15, 0.2) is 36.4 Å². The summed E-state index contributed by atoms with van der Waals surface area (Å²) in [5.41, 5.74) is 7.55. The fraction of sp³-hybridized carbons (Fsp3) is 0.250. The molecule has 0 amide bonds. The average molecular weight is 653 g/mol. The predicted octanol–water partition coefficient (Wildman–Crippen LogP) is 11.8. The summed E-state index contributed by atoms with van der Waals surface area (Å²) >= 11 is 39.0. The van der Waals surface area contributed by atoms with E-state index in [0.29, 0.717) is 63.5 Å². The van der Waals surface area contributed by atoms with Crippen LogP contribution in [0.1, 0.15) is 47.9 Å². The van der Waals surface area contributed by atoms with E-state index >= 15 is 0 Å². The summed E-state index contributed by atoms with van der Waals surface area (Å²) in [5, 5.41) is 26.3. The van der Waals surface area contributed by atoms with Gasteiger partial charge >= 0.3 is 0 Å². The Hall–Kier alpha value is -1.78. The van der Waals surface area contributed by atoms with Gasteiger partial charge in [0, 0.05) is 43.4 Å². The fourth-order valence-corrected chi connectivity index (χ4v) is 8.35. The molecule has 2 N–H and O–H groups in total. The number of fused-ring (bicyclic) bond motifs is 2. The molecule has 0 heterocycles. The largest absolute Gasteiger partial charge is 0.507 e. The van der Waals surface area contributed by atoms with Crippen LogP contribution in [0.2, 0.25) is 30.1 Å². The Bertz CT molecular complexity index is 1520. The van der Waals surface area contributed by atoms with Crippen molar-refractivity contribution in [3.8, 4) is 44.9 Å². The van der Waals surface area contributed by atoms with Crippen molar-refractivity contribution in [2.45, 2.75) is 51.4 Å². The van der Waals surface area contributed by atoms with Crippen molar-refractivity contribution in [3.05, 3.63) is 88.8 Å². The summed E-state index contributed by atoms with van der Waals surface area (Å²) in [7, 11) is 0. The Kier molecular flexibility index (Phi) is 7.89. The van der Waals surface area contributed by atoms with Gasteiger partial charge in [0.2, 0.25) is 0 Å². The van der Waals surface area contributed by atoms with Crippen LogP contribution in [0.3, 0.4) is 0 Å². The van der Waals surface area contributed by atoms with Crippen LogP contribution in [-0.2, 0) is 25.7 Å². The third-order valence-corrected chi connectivity index (χ3v) is 9.68. The molecule has 0 radical (unpaired) electrons. The number of halogens is 6. The first kappa shape index (κ1) is 28.3. The normalized spacial score (nSPS) is 14.7. The molecule has 0 bridgehead atoms. The first-order valence-corrected chi connectivity index (χ1v) is 15.5. The highest BCUT2D eigenvalue weighted by Gasteiger charge is 2.31. The van der Waals surface area contributed by atoms with Gasteiger partial charge in [0.15, 0.2) is 0 Å². The number of hydrogen-bond acceptors (Lipinski definition) is 2. The molecule has 4 aromatic carbocycles. The van der Waals surface area contributed by atoms with E-state index < -0.39 is 0 Å². The zero-order valence-electron chi connectivity index (χ0n) is 21.3. The number of aromatic hydroxyl groups is 2. The minimum atomic E-state index is 0.0281. The predicted molar refractivity (Wildman–Crippen MR) is 169 cm³/mol. The van der Waals surface area contributed by atoms with Crippen LogP contribution in [0.4, 0.5) is 0 Å². The van der Waals surface area contributed by atoms with Gasteiger partial charge < -0.3 is 10.2 Å². The Labute approximate surface area is 263 Å². The van der Waals surface area contributed by atoms with E-state index in [0.717, 1.165) is 73.6 Å². The molecule has 0 atom stereocenters. The summed E-state index contributed by atoms with van der Waals surface area (Å²) in [6.45, 7) is 0. The van der Waals surface area contributed by atoms with Crippen molar-refractivity contribution in [1.29, 1.82) is 0 Å². The lowest BCUT2D eigenvalue weighted by Crippen LogP contribution is -2.10. The van der Waals surface area contributed by atoms with Crippen molar-refractivity contribution in [1.82, 2.24) is 0 Å². The monoisotopic (exact) mass is 650 g/mol. The third-order valence-electron chi connectivity index (χ3n) is 8.05. The zero-order valence-corrected chi connectivity index (χ0v) is 25.8. The van der Waals surface area contributed by atoms with Gasteiger partial charge in [0.25, 0.3) is 0 Å². The first-order valence-electron chi connectivity index (χ1n) is 13.2. The average Bonchev–Trinajstić information content (AvgIpc) is 2.89. The molecule has 0 spiro atoms. The van der Waals surface area contributed by atoms with Crippen LogP contribution in [0, 0.1) is 0 Å². The van der Waals surface area contributed by atoms with E-state index in [1.54, 1.807) is 24.3 Å². The van der Waals surface area contributed by atoms with Crippen LogP contribution in [0.5, 0.6) is 11.5 Å². The molecule has 0 fully saturated rings. The van der Waals surface area contributed by atoms with Gasteiger partial charge in [-0.3, -0.25) is 0 Å². The topological polar surface area (TPSA) is 40.5 Å². The summed E-state index contributed by atoms with van der Waals surface area (Å²) in [4.78, 5) is 0. The Morgan fingerprint density at radius 2 is 0.750 bits per heavy atom. The van der Waals surface area contributed by atoms with E-state index in [1.165, 1.54) is 0 Å². The quantitative estimate of drug-likeness (QED) is 0.231. The number of phenols is 2. The first-order chi connectivity index (χ1) is 19.2. The van der Waals surface area contributed by atoms with Gasteiger partial charge in [0.05, 0.1) is 20.1 Å². The maximum Gasteiger partial charge on any atom is 0.131 e. The molecular formula is C32H24Cl6O2. The molecule has 2 nitrogen and oxygen atoms in total. The number of rotatable bonds is 3. The SMILES string of the molecule is Oc1c(-c2c(Cl)cc(Cl)cc2Cl)cc2c(c1-c1c(O)c(-c3c(Cl)cc(Cl)cc3Cl)cc3c1CCCC3)CCCC2. The van der Waals surface area contributed by atoms with Crippen LogP contribution in [0.25, 0.3) is 33.4 Å². The van der Waals surface area contributed by atoms with Crippen molar-refractivity contribution in [2.75, 3.05) is 0 Å². The summed E-state index contributed by atoms with van der Waals surface area (Å²) in [6, 6.07) is 10.4. The van der Waals surface area contributed by atoms with Crippen molar-refractivity contribution < 1.29 is 10.2 Å². The summed E-state index contributed by atoms with van der Waals surface area (Å²) in [5.74, 6) is 0.0561. The molecule has 0 aromatic heterocycles. The molecule has 40 heavy (non-hydrogen) atoms. The summed E-state index contributed by atoms with van der Waals surface area (Å²) < 4.78 is 0. The Balaban J connectivity index is 1.72. The highest BCUT2D eigenvalue weighted by Crippen LogP contribution is 2.55. The fourth-order valence-electron chi connectivity index (χ4n) is 6.31. The maximum atomic E-state index is 12.1. The van der Waals surface area contributed by atoms with Crippen molar-refractivity contribution >= 4 is 69.6 Å². The lowest BCUT2D eigenvalue weighted by atomic mass is 9.77. The molecule has 8 heteroatoms. The molecule has 6 rings (SSSR count). The number of hydrogen-bond donors (Lipinski definition) is 2. The van der Waals surface area contributed by atoms with Crippen molar-refractivity contribution in [2.24, 2.45) is 0 Å². The van der Waals surface area contributed by atoms with Gasteiger partial charge in [-0.2, -0.15) is 0 Å².